The molecule has 3 N–H and O–H groups in total. The summed E-state index contributed by atoms with van der Waals surface area (Å²) in [6.07, 6.45) is 12.7. The Balaban J connectivity index is 0.000000310. The van der Waals surface area contributed by atoms with Crippen molar-refractivity contribution < 1.29 is 4.79 Å². The lowest BCUT2D eigenvalue weighted by atomic mass is 9.81. The first-order valence-corrected chi connectivity index (χ1v) is 18.0. The van der Waals surface area contributed by atoms with Crippen LogP contribution in [-0.2, 0) is 11.2 Å². The van der Waals surface area contributed by atoms with Gasteiger partial charge in [0.25, 0.3) is 0 Å². The van der Waals surface area contributed by atoms with Gasteiger partial charge in [-0.2, -0.15) is 0 Å². The fraction of sp³-hybridized carbons (Fsp3) is 0.718. The molecule has 2 aliphatic carbocycles. The van der Waals surface area contributed by atoms with Gasteiger partial charge in [0.05, 0.1) is 12.1 Å². The highest BCUT2D eigenvalue weighted by Crippen LogP contribution is 2.35. The molecule has 0 spiro atoms. The Labute approximate surface area is 271 Å². The highest BCUT2D eigenvalue weighted by atomic mass is 16.1. The number of benzene rings is 1. The van der Waals surface area contributed by atoms with Gasteiger partial charge in [0.2, 0.25) is 0 Å². The molecule has 4 aliphatic rings. The average molecular weight is 607 g/mol. The van der Waals surface area contributed by atoms with Crippen LogP contribution in [0, 0.1) is 17.8 Å². The first-order chi connectivity index (χ1) is 21.0. The summed E-state index contributed by atoms with van der Waals surface area (Å²) in [5.74, 6) is 2.59. The maximum Gasteiger partial charge on any atom is 0.153 e. The zero-order valence-electron chi connectivity index (χ0n) is 29.4. The highest BCUT2D eigenvalue weighted by molar-refractivity contribution is 5.82. The Bertz CT molecular complexity index is 1060. The van der Waals surface area contributed by atoms with Crippen LogP contribution >= 0.6 is 0 Å². The summed E-state index contributed by atoms with van der Waals surface area (Å²) in [5, 5.41) is 3.71. The van der Waals surface area contributed by atoms with Crippen LogP contribution in [0.15, 0.2) is 48.8 Å². The third kappa shape index (κ3) is 9.69. The molecule has 6 unspecified atom stereocenters. The summed E-state index contributed by atoms with van der Waals surface area (Å²) in [7, 11) is 0. The Morgan fingerprint density at radius 2 is 1.66 bits per heavy atom. The van der Waals surface area contributed by atoms with E-state index in [1.807, 2.05) is 0 Å². The molecule has 2 heterocycles. The van der Waals surface area contributed by atoms with Crippen LogP contribution in [-0.4, -0.2) is 59.4 Å². The molecule has 248 valence electrons. The van der Waals surface area contributed by atoms with Gasteiger partial charge >= 0.3 is 0 Å². The standard InChI is InChI=1S/C25H44N4O.C11H14.C3H8/c1-16(2)24(26)18(4)27-25(21-10-8-7-9-11-21)19(5)29-14-22-12-17(3)13-28(22)15-23(29)20(6)30;1-9-5-4-7-10-6-2-3-8-11(9)10;1-3-2/h16-17,21-25,27H,4-5,7-15,26H2,1-3,6H3;2-3,6,8-9H,4-5,7H2,1H3;3H2,1-2H3. The number of aryl methyl sites for hydroxylation is 1. The van der Waals surface area contributed by atoms with E-state index < -0.39 is 0 Å². The van der Waals surface area contributed by atoms with Crippen molar-refractivity contribution >= 4 is 5.78 Å². The second-order valence-corrected chi connectivity index (χ2v) is 14.7. The predicted octanol–water partition coefficient (Wildman–Crippen LogP) is 8.06. The van der Waals surface area contributed by atoms with E-state index in [0.29, 0.717) is 23.8 Å². The van der Waals surface area contributed by atoms with Gasteiger partial charge in [0.15, 0.2) is 5.78 Å². The molecule has 0 aromatic heterocycles. The minimum atomic E-state index is -0.0982. The number of hydrogen-bond donors (Lipinski definition) is 2. The molecular weight excluding hydrogens is 540 g/mol. The lowest BCUT2D eigenvalue weighted by Gasteiger charge is -2.48. The minimum Gasteiger partial charge on any atom is -0.379 e. The summed E-state index contributed by atoms with van der Waals surface area (Å²) in [6, 6.07) is 9.30. The smallest absolute Gasteiger partial charge is 0.153 e. The number of rotatable bonds is 8. The largest absolute Gasteiger partial charge is 0.379 e. The molecule has 5 rings (SSSR count). The SMILES string of the molecule is C=C(NC(C(=C)N1CC2CC(C)CN2CC1C(C)=O)C1CCCCC1)C(N)C(C)C.CC1CCCc2ccccc21.CCC. The van der Waals surface area contributed by atoms with Crippen molar-refractivity contribution in [2.24, 2.45) is 23.5 Å². The van der Waals surface area contributed by atoms with Crippen LogP contribution in [0.4, 0.5) is 0 Å². The maximum absolute atomic E-state index is 12.6. The van der Waals surface area contributed by atoms with E-state index >= 15 is 0 Å². The lowest BCUT2D eigenvalue weighted by Crippen LogP contribution is -2.60. The molecule has 0 radical (unpaired) electrons. The van der Waals surface area contributed by atoms with Crippen molar-refractivity contribution in [3.05, 3.63) is 59.9 Å². The minimum absolute atomic E-state index is 0.0833. The molecule has 1 saturated carbocycles. The molecule has 2 aliphatic heterocycles. The van der Waals surface area contributed by atoms with Crippen molar-refractivity contribution in [3.8, 4) is 0 Å². The molecule has 1 aromatic rings. The number of Topliss-reactive ketones (excluding diaryl/α,β-unsaturated/α-hetero) is 1. The topological polar surface area (TPSA) is 61.6 Å². The van der Waals surface area contributed by atoms with Gasteiger partial charge < -0.3 is 16.0 Å². The Hall–Kier alpha value is -2.11. The summed E-state index contributed by atoms with van der Waals surface area (Å²) in [4.78, 5) is 17.5. The van der Waals surface area contributed by atoms with E-state index in [-0.39, 0.29) is 23.9 Å². The number of piperazine rings is 1. The molecule has 0 amide bonds. The highest BCUT2D eigenvalue weighted by Gasteiger charge is 2.43. The number of nitrogens with one attached hydrogen (secondary N) is 1. The monoisotopic (exact) mass is 607 g/mol. The third-order valence-corrected chi connectivity index (χ3v) is 10.4. The van der Waals surface area contributed by atoms with Crippen LogP contribution < -0.4 is 11.1 Å². The van der Waals surface area contributed by atoms with E-state index in [0.717, 1.165) is 36.9 Å². The van der Waals surface area contributed by atoms with E-state index in [9.17, 15) is 4.79 Å². The van der Waals surface area contributed by atoms with Crippen molar-refractivity contribution in [2.45, 2.75) is 143 Å². The second-order valence-electron chi connectivity index (χ2n) is 14.7. The Morgan fingerprint density at radius 3 is 2.27 bits per heavy atom. The molecule has 0 bridgehead atoms. The fourth-order valence-corrected chi connectivity index (χ4v) is 7.81. The molecule has 3 fully saturated rings. The third-order valence-electron chi connectivity index (χ3n) is 10.4. The van der Waals surface area contributed by atoms with Gasteiger partial charge in [0.1, 0.15) is 0 Å². The molecule has 5 nitrogen and oxygen atoms in total. The Kier molecular flexibility index (Phi) is 14.5. The van der Waals surface area contributed by atoms with Crippen LogP contribution in [0.5, 0.6) is 0 Å². The van der Waals surface area contributed by atoms with Gasteiger partial charge in [-0.1, -0.05) is 105 Å². The molecule has 5 heteroatoms. The zero-order valence-corrected chi connectivity index (χ0v) is 29.4. The number of carbonyl (C=O) groups excluding carboxylic acids is 1. The van der Waals surface area contributed by atoms with E-state index in [1.54, 1.807) is 18.1 Å². The second kappa shape index (κ2) is 17.5. The molecule has 1 aromatic carbocycles. The van der Waals surface area contributed by atoms with Crippen molar-refractivity contribution in [3.63, 3.8) is 0 Å². The maximum atomic E-state index is 12.6. The quantitative estimate of drug-likeness (QED) is 0.313. The number of ketones is 1. The first-order valence-electron chi connectivity index (χ1n) is 18.0. The van der Waals surface area contributed by atoms with Gasteiger partial charge in [0, 0.05) is 43.1 Å². The first kappa shape index (κ1) is 36.4. The lowest BCUT2D eigenvalue weighted by molar-refractivity contribution is -0.124. The van der Waals surface area contributed by atoms with Crippen molar-refractivity contribution in [1.82, 2.24) is 15.1 Å². The summed E-state index contributed by atoms with van der Waals surface area (Å²) < 4.78 is 0. The van der Waals surface area contributed by atoms with Crippen LogP contribution in [0.2, 0.25) is 0 Å². The zero-order chi connectivity index (χ0) is 32.4. The summed E-state index contributed by atoms with van der Waals surface area (Å²) in [6.45, 7) is 26.6. The fourth-order valence-electron chi connectivity index (χ4n) is 7.81. The molecule has 44 heavy (non-hydrogen) atoms. The number of nitrogens with zero attached hydrogens (tertiary/aromatic N) is 2. The molecular formula is C39H66N4O. The number of fused-ring (bicyclic) bond motifs is 2. The van der Waals surface area contributed by atoms with Gasteiger partial charge in [-0.25, -0.2) is 0 Å². The van der Waals surface area contributed by atoms with Gasteiger partial charge in [-0.3, -0.25) is 9.69 Å². The van der Waals surface area contributed by atoms with E-state index in [2.05, 4.69) is 94.1 Å². The summed E-state index contributed by atoms with van der Waals surface area (Å²) in [5.41, 5.74) is 11.5. The van der Waals surface area contributed by atoms with Crippen LogP contribution in [0.25, 0.3) is 0 Å². The van der Waals surface area contributed by atoms with Crippen LogP contribution in [0.1, 0.15) is 123 Å². The van der Waals surface area contributed by atoms with Crippen molar-refractivity contribution in [1.29, 1.82) is 0 Å². The number of carbonyl (C=O) groups is 1. The van der Waals surface area contributed by atoms with E-state index in [1.165, 1.54) is 64.2 Å². The van der Waals surface area contributed by atoms with Crippen molar-refractivity contribution in [2.75, 3.05) is 19.6 Å². The number of nitrogens with two attached hydrogens (primary N) is 1. The van der Waals surface area contributed by atoms with Gasteiger partial charge in [-0.15, -0.1) is 0 Å². The predicted molar refractivity (Wildman–Crippen MR) is 189 cm³/mol. The molecule has 6 atom stereocenters. The molecule has 2 saturated heterocycles. The summed E-state index contributed by atoms with van der Waals surface area (Å²) >= 11 is 0. The average Bonchev–Trinajstić information content (AvgIpc) is 3.38. The van der Waals surface area contributed by atoms with E-state index in [4.69, 9.17) is 5.73 Å². The number of hydrogen-bond acceptors (Lipinski definition) is 5. The Morgan fingerprint density at radius 1 is 1.00 bits per heavy atom. The normalized spacial score (nSPS) is 26.6. The van der Waals surface area contributed by atoms with Gasteiger partial charge in [-0.05, 0) is 80.2 Å². The van der Waals surface area contributed by atoms with Crippen LogP contribution in [0.3, 0.4) is 0 Å².